The molecule has 0 aliphatic heterocycles. The standard InChI is InChI=1S/C22H16ClN3OS/c23-17-10-12-18(13-11-17)26-22(27)16(14-24)15-25-20-8-4-5-9-21(20)28-19-6-2-1-3-7-19/h1-13,15,25H,(H,26,27)/b16-15-. The number of anilines is 2. The summed E-state index contributed by atoms with van der Waals surface area (Å²) < 4.78 is 0. The number of hydrogen-bond donors (Lipinski definition) is 2. The van der Waals surface area contributed by atoms with Crippen molar-refractivity contribution in [2.45, 2.75) is 9.79 Å². The average Bonchev–Trinajstić information content (AvgIpc) is 2.72. The second-order valence-electron chi connectivity index (χ2n) is 5.69. The Labute approximate surface area is 172 Å². The van der Waals surface area contributed by atoms with Crippen LogP contribution < -0.4 is 10.6 Å². The van der Waals surface area contributed by atoms with Crippen LogP contribution in [0.4, 0.5) is 11.4 Å². The second kappa shape index (κ2) is 9.65. The Morgan fingerprint density at radius 3 is 2.36 bits per heavy atom. The summed E-state index contributed by atoms with van der Waals surface area (Å²) >= 11 is 7.44. The molecule has 1 amide bonds. The number of nitrogens with one attached hydrogen (secondary N) is 2. The Balaban J connectivity index is 1.73. The van der Waals surface area contributed by atoms with Crippen LogP contribution in [0.3, 0.4) is 0 Å². The number of nitriles is 1. The molecule has 3 rings (SSSR count). The Bertz CT molecular complexity index is 1030. The third-order valence-electron chi connectivity index (χ3n) is 3.70. The van der Waals surface area contributed by atoms with Gasteiger partial charge in [-0.25, -0.2) is 0 Å². The summed E-state index contributed by atoms with van der Waals surface area (Å²) in [6.45, 7) is 0. The van der Waals surface area contributed by atoms with E-state index in [0.29, 0.717) is 10.7 Å². The lowest BCUT2D eigenvalue weighted by molar-refractivity contribution is -0.112. The molecule has 0 radical (unpaired) electrons. The lowest BCUT2D eigenvalue weighted by atomic mass is 10.2. The molecule has 28 heavy (non-hydrogen) atoms. The quantitative estimate of drug-likeness (QED) is 0.393. The molecule has 0 saturated carbocycles. The Hall–Kier alpha value is -3.20. The lowest BCUT2D eigenvalue weighted by Crippen LogP contribution is -2.14. The summed E-state index contributed by atoms with van der Waals surface area (Å²) in [6.07, 6.45) is 1.41. The Morgan fingerprint density at radius 1 is 0.964 bits per heavy atom. The van der Waals surface area contributed by atoms with Crippen LogP contribution in [0, 0.1) is 11.3 Å². The first-order valence-corrected chi connectivity index (χ1v) is 9.61. The zero-order valence-corrected chi connectivity index (χ0v) is 16.3. The first-order valence-electron chi connectivity index (χ1n) is 8.41. The van der Waals surface area contributed by atoms with E-state index >= 15 is 0 Å². The number of hydrogen-bond acceptors (Lipinski definition) is 4. The van der Waals surface area contributed by atoms with Gasteiger partial charge in [0, 0.05) is 26.7 Å². The van der Waals surface area contributed by atoms with Crippen LogP contribution in [0.15, 0.2) is 100 Å². The molecule has 0 saturated heterocycles. The summed E-state index contributed by atoms with van der Waals surface area (Å²) in [7, 11) is 0. The summed E-state index contributed by atoms with van der Waals surface area (Å²) in [5, 5.41) is 15.7. The number of carbonyl (C=O) groups is 1. The third-order valence-corrected chi connectivity index (χ3v) is 5.03. The molecule has 0 spiro atoms. The number of amides is 1. The fourth-order valence-electron chi connectivity index (χ4n) is 2.32. The van der Waals surface area contributed by atoms with Crippen molar-refractivity contribution >= 4 is 40.6 Å². The van der Waals surface area contributed by atoms with Gasteiger partial charge in [0.2, 0.25) is 0 Å². The summed E-state index contributed by atoms with van der Waals surface area (Å²) in [5.74, 6) is -0.495. The molecule has 3 aromatic rings. The van der Waals surface area contributed by atoms with Crippen molar-refractivity contribution in [2.24, 2.45) is 0 Å². The minimum atomic E-state index is -0.495. The number of halogens is 1. The van der Waals surface area contributed by atoms with E-state index in [4.69, 9.17) is 11.6 Å². The van der Waals surface area contributed by atoms with E-state index in [1.54, 1.807) is 36.0 Å². The van der Waals surface area contributed by atoms with Crippen LogP contribution >= 0.6 is 23.4 Å². The number of carbonyl (C=O) groups excluding carboxylic acids is 1. The molecular weight excluding hydrogens is 390 g/mol. The highest BCUT2D eigenvalue weighted by Gasteiger charge is 2.10. The van der Waals surface area contributed by atoms with Crippen LogP contribution in [-0.4, -0.2) is 5.91 Å². The molecule has 3 aromatic carbocycles. The first kappa shape index (κ1) is 19.6. The van der Waals surface area contributed by atoms with Crippen molar-refractivity contribution in [3.8, 4) is 6.07 Å². The van der Waals surface area contributed by atoms with E-state index in [1.165, 1.54) is 6.20 Å². The maximum atomic E-state index is 12.3. The van der Waals surface area contributed by atoms with E-state index in [9.17, 15) is 10.1 Å². The molecule has 0 heterocycles. The molecular formula is C22H16ClN3OS. The molecule has 0 aliphatic rings. The largest absolute Gasteiger partial charge is 0.359 e. The van der Waals surface area contributed by atoms with E-state index < -0.39 is 5.91 Å². The van der Waals surface area contributed by atoms with Crippen molar-refractivity contribution in [3.63, 3.8) is 0 Å². The summed E-state index contributed by atoms with van der Waals surface area (Å²) in [6, 6.07) is 26.3. The zero-order chi connectivity index (χ0) is 19.8. The summed E-state index contributed by atoms with van der Waals surface area (Å²) in [5.41, 5.74) is 1.34. The van der Waals surface area contributed by atoms with Crippen LogP contribution in [0.5, 0.6) is 0 Å². The van der Waals surface area contributed by atoms with Gasteiger partial charge in [0.1, 0.15) is 11.6 Å². The molecule has 0 unspecified atom stereocenters. The average molecular weight is 406 g/mol. The van der Waals surface area contributed by atoms with Gasteiger partial charge in [-0.2, -0.15) is 5.26 Å². The van der Waals surface area contributed by atoms with Gasteiger partial charge in [-0.1, -0.05) is 53.7 Å². The highest BCUT2D eigenvalue weighted by molar-refractivity contribution is 7.99. The Morgan fingerprint density at radius 2 is 1.64 bits per heavy atom. The number of nitrogens with zero attached hydrogens (tertiary/aromatic N) is 1. The molecule has 4 nitrogen and oxygen atoms in total. The number of benzene rings is 3. The van der Waals surface area contributed by atoms with E-state index in [1.807, 2.05) is 60.7 Å². The van der Waals surface area contributed by atoms with Gasteiger partial charge in [0.15, 0.2) is 0 Å². The second-order valence-corrected chi connectivity index (χ2v) is 7.24. The Kier molecular flexibility index (Phi) is 6.74. The first-order chi connectivity index (χ1) is 13.7. The van der Waals surface area contributed by atoms with E-state index in [-0.39, 0.29) is 5.57 Å². The zero-order valence-electron chi connectivity index (χ0n) is 14.7. The normalized spacial score (nSPS) is 10.8. The monoisotopic (exact) mass is 405 g/mol. The fraction of sp³-hybridized carbons (Fsp3) is 0. The van der Waals surface area contributed by atoms with Crippen molar-refractivity contribution in [1.82, 2.24) is 0 Å². The predicted octanol–water partition coefficient (Wildman–Crippen LogP) is 5.95. The molecule has 2 N–H and O–H groups in total. The lowest BCUT2D eigenvalue weighted by Gasteiger charge is -2.09. The van der Waals surface area contributed by atoms with Gasteiger partial charge in [0.25, 0.3) is 5.91 Å². The summed E-state index contributed by atoms with van der Waals surface area (Å²) in [4.78, 5) is 14.4. The van der Waals surface area contributed by atoms with Crippen LogP contribution in [-0.2, 0) is 4.79 Å². The minimum Gasteiger partial charge on any atom is -0.359 e. The van der Waals surface area contributed by atoms with Gasteiger partial charge in [-0.05, 0) is 48.5 Å². The minimum absolute atomic E-state index is 0.0329. The third kappa shape index (κ3) is 5.40. The SMILES string of the molecule is N#C/C(=C/Nc1ccccc1Sc1ccccc1)C(=O)Nc1ccc(Cl)cc1. The molecule has 0 aliphatic carbocycles. The van der Waals surface area contributed by atoms with Gasteiger partial charge in [-0.3, -0.25) is 4.79 Å². The van der Waals surface area contributed by atoms with E-state index in [2.05, 4.69) is 10.6 Å². The van der Waals surface area contributed by atoms with Crippen molar-refractivity contribution in [2.75, 3.05) is 10.6 Å². The maximum absolute atomic E-state index is 12.3. The molecule has 138 valence electrons. The predicted molar refractivity (Wildman–Crippen MR) is 114 cm³/mol. The molecule has 0 fully saturated rings. The molecule has 0 aromatic heterocycles. The van der Waals surface area contributed by atoms with Gasteiger partial charge < -0.3 is 10.6 Å². The topological polar surface area (TPSA) is 64.9 Å². The van der Waals surface area contributed by atoms with Crippen LogP contribution in [0.2, 0.25) is 5.02 Å². The molecule has 0 atom stereocenters. The number of para-hydroxylation sites is 1. The molecule has 6 heteroatoms. The van der Waals surface area contributed by atoms with Crippen LogP contribution in [0.1, 0.15) is 0 Å². The fourth-order valence-corrected chi connectivity index (χ4v) is 3.38. The highest BCUT2D eigenvalue weighted by Crippen LogP contribution is 2.33. The van der Waals surface area contributed by atoms with Gasteiger partial charge >= 0.3 is 0 Å². The van der Waals surface area contributed by atoms with E-state index in [0.717, 1.165) is 15.5 Å². The van der Waals surface area contributed by atoms with Crippen LogP contribution in [0.25, 0.3) is 0 Å². The smallest absolute Gasteiger partial charge is 0.267 e. The van der Waals surface area contributed by atoms with Crippen molar-refractivity contribution in [1.29, 1.82) is 5.26 Å². The van der Waals surface area contributed by atoms with Crippen molar-refractivity contribution in [3.05, 3.63) is 95.7 Å². The van der Waals surface area contributed by atoms with Crippen molar-refractivity contribution < 1.29 is 4.79 Å². The number of rotatable bonds is 6. The van der Waals surface area contributed by atoms with Gasteiger partial charge in [0.05, 0.1) is 5.69 Å². The maximum Gasteiger partial charge on any atom is 0.267 e. The van der Waals surface area contributed by atoms with Gasteiger partial charge in [-0.15, -0.1) is 0 Å². The molecule has 0 bridgehead atoms. The highest BCUT2D eigenvalue weighted by atomic mass is 35.5.